The van der Waals surface area contributed by atoms with Crippen LogP contribution >= 0.6 is 27.3 Å². The van der Waals surface area contributed by atoms with Crippen LogP contribution in [0, 0.1) is 6.92 Å². The summed E-state index contributed by atoms with van der Waals surface area (Å²) in [7, 11) is 0. The molecular formula is C16H16BrNS. The highest BCUT2D eigenvalue weighted by molar-refractivity contribution is 9.10. The number of hydrogen-bond donors (Lipinski definition) is 1. The maximum atomic E-state index is 3.59. The normalized spacial score (nSPS) is 19.5. The fourth-order valence-electron chi connectivity index (χ4n) is 3.15. The molecule has 19 heavy (non-hydrogen) atoms. The molecule has 1 nitrogen and oxygen atoms in total. The number of rotatable bonds is 1. The van der Waals surface area contributed by atoms with Crippen molar-refractivity contribution in [2.45, 2.75) is 31.7 Å². The van der Waals surface area contributed by atoms with Crippen molar-refractivity contribution in [1.29, 1.82) is 0 Å². The minimum atomic E-state index is 0.492. The molecule has 1 saturated carbocycles. The van der Waals surface area contributed by atoms with Gasteiger partial charge in [0.05, 0.1) is 0 Å². The van der Waals surface area contributed by atoms with Crippen LogP contribution in [-0.4, -0.2) is 6.54 Å². The van der Waals surface area contributed by atoms with Crippen LogP contribution in [0.5, 0.6) is 0 Å². The molecule has 1 fully saturated rings. The van der Waals surface area contributed by atoms with Gasteiger partial charge in [0.25, 0.3) is 0 Å². The Morgan fingerprint density at radius 2 is 2.11 bits per heavy atom. The highest BCUT2D eigenvalue weighted by Crippen LogP contribution is 2.53. The lowest BCUT2D eigenvalue weighted by Crippen LogP contribution is -2.31. The van der Waals surface area contributed by atoms with Crippen LogP contribution in [0.2, 0.25) is 0 Å². The van der Waals surface area contributed by atoms with Crippen molar-refractivity contribution < 1.29 is 0 Å². The lowest BCUT2D eigenvalue weighted by molar-refractivity contribution is 0.539. The van der Waals surface area contributed by atoms with Gasteiger partial charge in [0.15, 0.2) is 0 Å². The standard InChI is InChI=1S/C16H16BrNS/c1-10-6-11(17)2-3-12(10)14-7-13-15(19-14)8-18-9-16(13)4-5-16/h2-3,6-7,18H,4-5,8-9H2,1H3. The molecular weight excluding hydrogens is 318 g/mol. The van der Waals surface area contributed by atoms with Crippen molar-refractivity contribution in [3.05, 3.63) is 44.7 Å². The molecule has 0 atom stereocenters. The van der Waals surface area contributed by atoms with Gasteiger partial charge in [-0.3, -0.25) is 0 Å². The number of aryl methyl sites for hydroxylation is 1. The van der Waals surface area contributed by atoms with Crippen LogP contribution < -0.4 is 5.32 Å². The van der Waals surface area contributed by atoms with Gasteiger partial charge in [0.1, 0.15) is 0 Å². The molecule has 0 unspecified atom stereocenters. The van der Waals surface area contributed by atoms with Crippen LogP contribution in [0.15, 0.2) is 28.7 Å². The molecule has 1 aromatic heterocycles. The molecule has 3 heteroatoms. The third-order valence-electron chi connectivity index (χ3n) is 4.44. The molecule has 98 valence electrons. The van der Waals surface area contributed by atoms with Gasteiger partial charge >= 0.3 is 0 Å². The second kappa shape index (κ2) is 4.18. The molecule has 1 aliphatic carbocycles. The van der Waals surface area contributed by atoms with E-state index in [1.165, 1.54) is 35.4 Å². The van der Waals surface area contributed by atoms with E-state index in [2.05, 4.69) is 52.4 Å². The summed E-state index contributed by atoms with van der Waals surface area (Å²) >= 11 is 5.52. The average Bonchev–Trinajstić information content (AvgIpc) is 2.99. The first-order valence-electron chi connectivity index (χ1n) is 6.78. The van der Waals surface area contributed by atoms with Crippen molar-refractivity contribution in [3.63, 3.8) is 0 Å². The monoisotopic (exact) mass is 333 g/mol. The summed E-state index contributed by atoms with van der Waals surface area (Å²) in [6.07, 6.45) is 2.73. The SMILES string of the molecule is Cc1cc(Br)ccc1-c1cc2c(s1)CNCC21CC1. The second-order valence-corrected chi connectivity index (χ2v) is 7.84. The smallest absolute Gasteiger partial charge is 0.0351 e. The van der Waals surface area contributed by atoms with Crippen LogP contribution in [0.3, 0.4) is 0 Å². The van der Waals surface area contributed by atoms with Crippen molar-refractivity contribution in [2.75, 3.05) is 6.54 Å². The van der Waals surface area contributed by atoms with Gasteiger partial charge < -0.3 is 5.32 Å². The van der Waals surface area contributed by atoms with E-state index in [-0.39, 0.29) is 0 Å². The zero-order valence-corrected chi connectivity index (χ0v) is 13.3. The highest BCUT2D eigenvalue weighted by Gasteiger charge is 2.47. The first-order chi connectivity index (χ1) is 9.18. The minimum Gasteiger partial charge on any atom is -0.311 e. The van der Waals surface area contributed by atoms with E-state index in [0.717, 1.165) is 11.0 Å². The third kappa shape index (κ3) is 1.91. The summed E-state index contributed by atoms with van der Waals surface area (Å²) in [5.74, 6) is 0. The minimum absolute atomic E-state index is 0.492. The molecule has 0 saturated heterocycles. The maximum Gasteiger partial charge on any atom is 0.0351 e. The van der Waals surface area contributed by atoms with Gasteiger partial charge in [-0.05, 0) is 54.7 Å². The predicted molar refractivity (Wildman–Crippen MR) is 84.8 cm³/mol. The Morgan fingerprint density at radius 3 is 2.84 bits per heavy atom. The first-order valence-corrected chi connectivity index (χ1v) is 8.39. The molecule has 0 bridgehead atoms. The molecule has 1 aliphatic heterocycles. The molecule has 4 rings (SSSR count). The van der Waals surface area contributed by atoms with Crippen molar-refractivity contribution in [2.24, 2.45) is 0 Å². The quantitative estimate of drug-likeness (QED) is 0.802. The van der Waals surface area contributed by atoms with Gasteiger partial charge in [0.2, 0.25) is 0 Å². The van der Waals surface area contributed by atoms with Crippen molar-refractivity contribution in [3.8, 4) is 10.4 Å². The summed E-state index contributed by atoms with van der Waals surface area (Å²) in [6, 6.07) is 9.05. The van der Waals surface area contributed by atoms with Crippen LogP contribution in [0.25, 0.3) is 10.4 Å². The van der Waals surface area contributed by atoms with Crippen LogP contribution in [0.1, 0.15) is 28.8 Å². The fraction of sp³-hybridized carbons (Fsp3) is 0.375. The Hall–Kier alpha value is -0.640. The second-order valence-electron chi connectivity index (χ2n) is 5.79. The Labute approximate surface area is 126 Å². The number of thiophene rings is 1. The van der Waals surface area contributed by atoms with E-state index in [1.807, 2.05) is 11.3 Å². The fourth-order valence-corrected chi connectivity index (χ4v) is 4.97. The third-order valence-corrected chi connectivity index (χ3v) is 6.10. The van der Waals surface area contributed by atoms with Gasteiger partial charge in [0, 0.05) is 32.7 Å². The molecule has 0 radical (unpaired) electrons. The number of hydrogen-bond acceptors (Lipinski definition) is 2. The average molecular weight is 334 g/mol. The van der Waals surface area contributed by atoms with E-state index in [4.69, 9.17) is 0 Å². The Balaban J connectivity index is 1.83. The Kier molecular flexibility index (Phi) is 2.66. The van der Waals surface area contributed by atoms with Gasteiger partial charge in [-0.25, -0.2) is 0 Å². The Bertz CT molecular complexity index is 655. The number of fused-ring (bicyclic) bond motifs is 2. The number of nitrogens with one attached hydrogen (secondary N) is 1. The number of benzene rings is 1. The van der Waals surface area contributed by atoms with Gasteiger partial charge in [-0.15, -0.1) is 11.3 Å². The molecule has 1 spiro atoms. The number of halogens is 1. The first kappa shape index (κ1) is 12.1. The lowest BCUT2D eigenvalue weighted by Gasteiger charge is -2.22. The van der Waals surface area contributed by atoms with E-state index in [1.54, 1.807) is 10.4 Å². The largest absolute Gasteiger partial charge is 0.311 e. The van der Waals surface area contributed by atoms with Crippen molar-refractivity contribution in [1.82, 2.24) is 5.32 Å². The lowest BCUT2D eigenvalue weighted by atomic mass is 9.92. The maximum absolute atomic E-state index is 3.59. The van der Waals surface area contributed by atoms with E-state index in [0.29, 0.717) is 5.41 Å². The summed E-state index contributed by atoms with van der Waals surface area (Å²) < 4.78 is 1.16. The van der Waals surface area contributed by atoms with E-state index in [9.17, 15) is 0 Å². The molecule has 0 amide bonds. The van der Waals surface area contributed by atoms with E-state index < -0.39 is 0 Å². The molecule has 2 heterocycles. The summed E-state index contributed by atoms with van der Waals surface area (Å²) in [5.41, 5.74) is 4.86. The zero-order chi connectivity index (χ0) is 13.0. The molecule has 1 N–H and O–H groups in total. The van der Waals surface area contributed by atoms with Gasteiger partial charge in [-0.2, -0.15) is 0 Å². The molecule has 2 aromatic rings. The summed E-state index contributed by atoms with van der Waals surface area (Å²) in [5, 5.41) is 3.59. The predicted octanol–water partition coefficient (Wildman–Crippen LogP) is 4.62. The zero-order valence-electron chi connectivity index (χ0n) is 10.9. The summed E-state index contributed by atoms with van der Waals surface area (Å²) in [6.45, 7) is 4.43. The van der Waals surface area contributed by atoms with Crippen LogP contribution in [-0.2, 0) is 12.0 Å². The topological polar surface area (TPSA) is 12.0 Å². The Morgan fingerprint density at radius 1 is 1.26 bits per heavy atom. The molecule has 1 aromatic carbocycles. The highest BCUT2D eigenvalue weighted by atomic mass is 79.9. The van der Waals surface area contributed by atoms with E-state index >= 15 is 0 Å². The van der Waals surface area contributed by atoms with Gasteiger partial charge in [-0.1, -0.05) is 22.0 Å². The summed E-state index contributed by atoms with van der Waals surface area (Å²) in [4.78, 5) is 2.99. The molecule has 2 aliphatic rings. The van der Waals surface area contributed by atoms with Crippen LogP contribution in [0.4, 0.5) is 0 Å². The van der Waals surface area contributed by atoms with Crippen molar-refractivity contribution >= 4 is 27.3 Å².